The number of carbonyl (C=O) groups excluding carboxylic acids is 1. The van der Waals surface area contributed by atoms with Crippen LogP contribution in [0.4, 0.5) is 15.2 Å². The van der Waals surface area contributed by atoms with Crippen LogP contribution in [-0.4, -0.2) is 33.5 Å². The van der Waals surface area contributed by atoms with Crippen LogP contribution in [0, 0.1) is 6.92 Å². The van der Waals surface area contributed by atoms with Crippen molar-refractivity contribution in [1.29, 1.82) is 0 Å². The standard InChI is InChI=1S/C24H22FN3O6S2/c1-14-11-23(27-15(2)29)35-24(14)36(30,31)28(25)16-5-7-17(8-6-16)34-20-9-10-26-19-13-22(33-4)21(32-3)12-18(19)20/h5-13H,1-4H3,(H,27,29). The Kier molecular flexibility index (Phi) is 7.00. The number of rotatable bonds is 8. The quantitative estimate of drug-likeness (QED) is 0.301. The molecule has 36 heavy (non-hydrogen) atoms. The van der Waals surface area contributed by atoms with Crippen molar-refractivity contribution in [3.05, 3.63) is 60.3 Å². The second kappa shape index (κ2) is 9.99. The SMILES string of the molecule is COc1cc2nccc(Oc3ccc(N(F)S(=O)(=O)c4sc(NC(C)=O)cc4C)cc3)c2cc1OC. The molecule has 1 amide bonds. The number of sulfonamides is 1. The maximum absolute atomic E-state index is 15.1. The summed E-state index contributed by atoms with van der Waals surface area (Å²) in [6, 6.07) is 12.1. The molecule has 0 saturated heterocycles. The topological polar surface area (TPSA) is 107 Å². The predicted octanol–water partition coefficient (Wildman–Crippen LogP) is 5.45. The Hall–Kier alpha value is -3.90. The molecule has 4 aromatic rings. The van der Waals surface area contributed by atoms with Crippen molar-refractivity contribution in [2.24, 2.45) is 0 Å². The molecule has 2 aromatic carbocycles. The zero-order valence-corrected chi connectivity index (χ0v) is 21.4. The summed E-state index contributed by atoms with van der Waals surface area (Å²) < 4.78 is 56.9. The number of hydrogen-bond acceptors (Lipinski definition) is 8. The number of aromatic nitrogens is 1. The summed E-state index contributed by atoms with van der Waals surface area (Å²) in [5, 5.41) is 3.49. The molecule has 1 N–H and O–H groups in total. The highest BCUT2D eigenvalue weighted by Crippen LogP contribution is 2.38. The smallest absolute Gasteiger partial charge is 0.300 e. The lowest BCUT2D eigenvalue weighted by Gasteiger charge is -2.15. The van der Waals surface area contributed by atoms with Gasteiger partial charge in [-0.05, 0) is 55.0 Å². The number of carbonyl (C=O) groups is 1. The first-order chi connectivity index (χ1) is 17.1. The monoisotopic (exact) mass is 531 g/mol. The number of anilines is 2. The highest BCUT2D eigenvalue weighted by atomic mass is 32.2. The highest BCUT2D eigenvalue weighted by Gasteiger charge is 2.29. The largest absolute Gasteiger partial charge is 0.493 e. The Balaban J connectivity index is 1.59. The van der Waals surface area contributed by atoms with Gasteiger partial charge >= 0.3 is 10.0 Å². The third-order valence-corrected chi connectivity index (χ3v) is 8.34. The van der Waals surface area contributed by atoms with Crippen LogP contribution in [0.3, 0.4) is 0 Å². The van der Waals surface area contributed by atoms with Gasteiger partial charge in [0, 0.05) is 24.6 Å². The van der Waals surface area contributed by atoms with Gasteiger partial charge in [0.15, 0.2) is 11.5 Å². The fraction of sp³-hybridized carbons (Fsp3) is 0.167. The van der Waals surface area contributed by atoms with Crippen molar-refractivity contribution in [3.63, 3.8) is 0 Å². The zero-order valence-electron chi connectivity index (χ0n) is 19.7. The van der Waals surface area contributed by atoms with Gasteiger partial charge in [-0.3, -0.25) is 9.78 Å². The molecule has 0 saturated carbocycles. The van der Waals surface area contributed by atoms with Crippen molar-refractivity contribution in [1.82, 2.24) is 4.98 Å². The zero-order chi connectivity index (χ0) is 26.0. The van der Waals surface area contributed by atoms with Crippen LogP contribution in [0.15, 0.2) is 58.9 Å². The fourth-order valence-electron chi connectivity index (χ4n) is 3.46. The van der Waals surface area contributed by atoms with Gasteiger partial charge in [0.05, 0.1) is 30.4 Å². The summed E-state index contributed by atoms with van der Waals surface area (Å²) in [7, 11) is -1.44. The van der Waals surface area contributed by atoms with E-state index in [1.165, 1.54) is 58.4 Å². The molecule has 9 nitrogen and oxygen atoms in total. The first-order valence-electron chi connectivity index (χ1n) is 10.5. The van der Waals surface area contributed by atoms with Gasteiger partial charge in [-0.1, -0.05) is 9.01 Å². The number of ether oxygens (including phenoxy) is 3. The Morgan fingerprint density at radius 3 is 2.33 bits per heavy atom. The number of amides is 1. The minimum Gasteiger partial charge on any atom is -0.493 e. The minimum absolute atomic E-state index is 0.206. The van der Waals surface area contributed by atoms with Gasteiger partial charge in [-0.25, -0.2) is 0 Å². The molecular weight excluding hydrogens is 509 g/mol. The summed E-state index contributed by atoms with van der Waals surface area (Å²) in [6.07, 6.45) is 1.58. The number of methoxy groups -OCH3 is 2. The lowest BCUT2D eigenvalue weighted by Crippen LogP contribution is -2.22. The van der Waals surface area contributed by atoms with E-state index < -0.39 is 10.0 Å². The van der Waals surface area contributed by atoms with Gasteiger partial charge in [0.25, 0.3) is 0 Å². The van der Waals surface area contributed by atoms with Crippen LogP contribution >= 0.6 is 11.3 Å². The Labute approximate surface area is 211 Å². The van der Waals surface area contributed by atoms with Gasteiger partial charge in [0.1, 0.15) is 15.7 Å². The van der Waals surface area contributed by atoms with Gasteiger partial charge in [-0.2, -0.15) is 8.42 Å². The molecule has 0 unspecified atom stereocenters. The van der Waals surface area contributed by atoms with E-state index in [-0.39, 0.29) is 20.3 Å². The van der Waals surface area contributed by atoms with Gasteiger partial charge < -0.3 is 19.5 Å². The number of halogens is 1. The number of nitrogens with zero attached hydrogens (tertiary/aromatic N) is 2. The fourth-order valence-corrected chi connectivity index (χ4v) is 6.21. The molecule has 0 aliphatic rings. The Morgan fingerprint density at radius 1 is 1.03 bits per heavy atom. The number of hydrogen-bond donors (Lipinski definition) is 1. The minimum atomic E-state index is -4.49. The number of fused-ring (bicyclic) bond motifs is 1. The number of aryl methyl sites for hydroxylation is 1. The van der Waals surface area contributed by atoms with E-state index in [1.54, 1.807) is 24.4 Å². The normalized spacial score (nSPS) is 11.2. The summed E-state index contributed by atoms with van der Waals surface area (Å²) >= 11 is 0.778. The first-order valence-corrected chi connectivity index (χ1v) is 12.8. The molecule has 2 aromatic heterocycles. The number of benzene rings is 2. The number of nitrogens with one attached hydrogen (secondary N) is 1. The van der Waals surface area contributed by atoms with Crippen molar-refractivity contribution >= 4 is 48.9 Å². The maximum atomic E-state index is 15.1. The average molecular weight is 532 g/mol. The molecular formula is C24H22FN3O6S2. The van der Waals surface area contributed by atoms with Crippen molar-refractivity contribution in [3.8, 4) is 23.0 Å². The van der Waals surface area contributed by atoms with Crippen LogP contribution in [0.25, 0.3) is 10.9 Å². The van der Waals surface area contributed by atoms with Crippen LogP contribution in [0.5, 0.6) is 23.0 Å². The number of pyridine rings is 1. The molecule has 4 rings (SSSR count). The third kappa shape index (κ3) is 4.90. The molecule has 0 atom stereocenters. The van der Waals surface area contributed by atoms with E-state index in [4.69, 9.17) is 14.2 Å². The second-order valence-corrected chi connectivity index (χ2v) is 10.6. The molecule has 0 radical (unpaired) electrons. The summed E-state index contributed by atoms with van der Waals surface area (Å²) in [4.78, 5) is 15.6. The first kappa shape index (κ1) is 25.2. The predicted molar refractivity (Wildman–Crippen MR) is 135 cm³/mol. The molecule has 12 heteroatoms. The Morgan fingerprint density at radius 2 is 1.69 bits per heavy atom. The lowest BCUT2D eigenvalue weighted by atomic mass is 10.2. The van der Waals surface area contributed by atoms with Crippen LogP contribution in [0.1, 0.15) is 12.5 Å². The average Bonchev–Trinajstić information content (AvgIpc) is 3.23. The van der Waals surface area contributed by atoms with Crippen molar-refractivity contribution in [2.45, 2.75) is 18.1 Å². The van der Waals surface area contributed by atoms with E-state index in [0.29, 0.717) is 44.5 Å². The Bertz CT molecular complexity index is 1540. The second-order valence-electron chi connectivity index (χ2n) is 7.61. The summed E-state index contributed by atoms with van der Waals surface area (Å²) in [6.45, 7) is 2.83. The van der Waals surface area contributed by atoms with E-state index in [2.05, 4.69) is 10.3 Å². The lowest BCUT2D eigenvalue weighted by molar-refractivity contribution is -0.114. The van der Waals surface area contributed by atoms with Crippen LogP contribution in [0.2, 0.25) is 0 Å². The van der Waals surface area contributed by atoms with Crippen LogP contribution < -0.4 is 24.1 Å². The summed E-state index contributed by atoms with van der Waals surface area (Å²) in [5.41, 5.74) is 0.734. The highest BCUT2D eigenvalue weighted by molar-refractivity contribution is 7.94. The molecule has 0 bridgehead atoms. The molecule has 0 aliphatic carbocycles. The molecule has 0 fully saturated rings. The third-order valence-electron chi connectivity index (χ3n) is 5.09. The van der Waals surface area contributed by atoms with Crippen molar-refractivity contribution in [2.75, 3.05) is 24.1 Å². The molecule has 188 valence electrons. The molecule has 0 spiro atoms. The van der Waals surface area contributed by atoms with Gasteiger partial charge in [-0.15, -0.1) is 11.3 Å². The van der Waals surface area contributed by atoms with Crippen molar-refractivity contribution < 1.29 is 31.9 Å². The summed E-state index contributed by atoms with van der Waals surface area (Å²) in [5.74, 6) is 1.49. The van der Waals surface area contributed by atoms with Gasteiger partial charge in [0.2, 0.25) is 5.91 Å². The van der Waals surface area contributed by atoms with E-state index >= 15 is 4.48 Å². The van der Waals surface area contributed by atoms with Crippen LogP contribution in [-0.2, 0) is 14.8 Å². The molecule has 0 aliphatic heterocycles. The van der Waals surface area contributed by atoms with E-state index in [9.17, 15) is 13.2 Å². The van der Waals surface area contributed by atoms with E-state index in [0.717, 1.165) is 11.3 Å². The number of thiophene rings is 1. The van der Waals surface area contributed by atoms with E-state index in [1.807, 2.05) is 0 Å². The maximum Gasteiger partial charge on any atom is 0.300 e. The molecule has 2 heterocycles.